The number of anilines is 1. The number of rotatable bonds is 3. The largest absolute Gasteiger partial charge is 0.505 e. The first-order chi connectivity index (χ1) is 8.71. The molecule has 7 nitrogen and oxygen atoms in total. The zero-order chi connectivity index (χ0) is 14.3. The second-order valence-corrected chi connectivity index (χ2v) is 6.40. The van der Waals surface area contributed by atoms with Gasteiger partial charge in [0.05, 0.1) is 5.39 Å². The molecule has 0 aliphatic carbocycles. The Morgan fingerprint density at radius 1 is 0.789 bits per heavy atom. The lowest BCUT2D eigenvalue weighted by molar-refractivity contribution is 0.439. The van der Waals surface area contributed by atoms with E-state index in [0.29, 0.717) is 5.39 Å². The quantitative estimate of drug-likeness (QED) is 0.650. The lowest BCUT2D eigenvalue weighted by Crippen LogP contribution is -2.37. The Bertz CT molecular complexity index is 791. The fraction of sp³-hybridized carbons (Fsp3) is 0. The van der Waals surface area contributed by atoms with E-state index in [9.17, 15) is 16.8 Å². The lowest BCUT2D eigenvalue weighted by Gasteiger charge is -2.05. The molecular formula is C10H9NO6S2+. The van der Waals surface area contributed by atoms with Gasteiger partial charge >= 0.3 is 20.6 Å². The van der Waals surface area contributed by atoms with Crippen LogP contribution in [-0.2, 0) is 20.6 Å². The van der Waals surface area contributed by atoms with E-state index in [1.54, 1.807) is 24.3 Å². The third-order valence-corrected chi connectivity index (χ3v) is 4.74. The molecule has 0 spiro atoms. The maximum absolute atomic E-state index is 11.2. The molecule has 0 unspecified atom stereocenters. The van der Waals surface area contributed by atoms with Crippen molar-refractivity contribution in [3.63, 3.8) is 0 Å². The molecule has 19 heavy (non-hydrogen) atoms. The van der Waals surface area contributed by atoms with Crippen molar-refractivity contribution in [1.29, 1.82) is 0 Å². The molecule has 2 rings (SSSR count). The van der Waals surface area contributed by atoms with Crippen LogP contribution < -0.4 is 3.71 Å². The lowest BCUT2D eigenvalue weighted by atomic mass is 10.1. The average Bonchev–Trinajstić information content (AvgIpc) is 2.25. The first-order valence-corrected chi connectivity index (χ1v) is 7.74. The minimum Gasteiger partial charge on any atom is -0.236 e. The molecule has 0 heterocycles. The second kappa shape index (κ2) is 4.54. The maximum Gasteiger partial charge on any atom is 0.505 e. The Kier molecular flexibility index (Phi) is 3.32. The van der Waals surface area contributed by atoms with Gasteiger partial charge in [-0.25, -0.2) is 9.11 Å². The fourth-order valence-electron chi connectivity index (χ4n) is 1.74. The van der Waals surface area contributed by atoms with Gasteiger partial charge in [-0.2, -0.15) is 0 Å². The minimum absolute atomic E-state index is 0.250. The normalized spacial score (nSPS) is 13.0. The Morgan fingerprint density at radius 2 is 1.32 bits per heavy atom. The summed E-state index contributed by atoms with van der Waals surface area (Å²) < 4.78 is 62.2. The summed E-state index contributed by atoms with van der Waals surface area (Å²) in [4.78, 5) is 0. The molecule has 0 amide bonds. The van der Waals surface area contributed by atoms with Crippen LogP contribution in [0.5, 0.6) is 0 Å². The highest BCUT2D eigenvalue weighted by atomic mass is 32.3. The summed E-state index contributed by atoms with van der Waals surface area (Å²) in [6.45, 7) is 0. The highest BCUT2D eigenvalue weighted by Crippen LogP contribution is 2.29. The van der Waals surface area contributed by atoms with Crippen LogP contribution in [0.3, 0.4) is 0 Å². The summed E-state index contributed by atoms with van der Waals surface area (Å²) in [5, 5.41) is 0.803. The Hall–Kier alpha value is -1.52. The van der Waals surface area contributed by atoms with Crippen LogP contribution >= 0.6 is 0 Å². The summed E-state index contributed by atoms with van der Waals surface area (Å²) >= 11 is 0. The van der Waals surface area contributed by atoms with Gasteiger partial charge in [-0.3, -0.25) is 0 Å². The zero-order valence-electron chi connectivity index (χ0n) is 9.33. The molecule has 2 aromatic rings. The first-order valence-electron chi connectivity index (χ1n) is 4.94. The molecular weight excluding hydrogens is 294 g/mol. The van der Waals surface area contributed by atoms with Crippen LogP contribution in [-0.4, -0.2) is 25.9 Å². The van der Waals surface area contributed by atoms with Crippen LogP contribution in [0.1, 0.15) is 0 Å². The van der Waals surface area contributed by atoms with Gasteiger partial charge in [0.25, 0.3) is 0 Å². The number of benzene rings is 2. The molecule has 101 valence electrons. The van der Waals surface area contributed by atoms with E-state index in [2.05, 4.69) is 0 Å². The number of hydrogen-bond donors (Lipinski definition) is 2. The van der Waals surface area contributed by atoms with Crippen LogP contribution in [0.25, 0.3) is 10.8 Å². The minimum atomic E-state index is -5.17. The van der Waals surface area contributed by atoms with Crippen molar-refractivity contribution in [2.75, 3.05) is 0 Å². The molecule has 0 saturated heterocycles. The van der Waals surface area contributed by atoms with E-state index in [1.165, 1.54) is 12.1 Å². The van der Waals surface area contributed by atoms with Crippen molar-refractivity contribution in [1.82, 2.24) is 3.71 Å². The molecule has 1 radical (unpaired) electrons. The van der Waals surface area contributed by atoms with Gasteiger partial charge in [0.1, 0.15) is 0 Å². The van der Waals surface area contributed by atoms with Gasteiger partial charge in [-0.1, -0.05) is 30.3 Å². The molecule has 0 aliphatic heterocycles. The second-order valence-electron chi connectivity index (χ2n) is 3.65. The van der Waals surface area contributed by atoms with Crippen LogP contribution in [0.4, 0.5) is 5.69 Å². The highest BCUT2D eigenvalue weighted by molar-refractivity contribution is 8.00. The van der Waals surface area contributed by atoms with E-state index < -0.39 is 24.3 Å². The topological polar surface area (TPSA) is 115 Å². The fourth-order valence-corrected chi connectivity index (χ4v) is 3.50. The van der Waals surface area contributed by atoms with Gasteiger partial charge in [0.15, 0.2) is 3.71 Å². The van der Waals surface area contributed by atoms with Crippen LogP contribution in [0, 0.1) is 0 Å². The zero-order valence-corrected chi connectivity index (χ0v) is 11.0. The average molecular weight is 303 g/mol. The van der Waals surface area contributed by atoms with E-state index in [4.69, 9.17) is 9.11 Å². The van der Waals surface area contributed by atoms with Crippen molar-refractivity contribution < 1.29 is 25.9 Å². The molecule has 2 aromatic carbocycles. The number of nitrogens with zero attached hydrogens (tertiary/aromatic N) is 1. The number of hydrogen-bond acceptors (Lipinski definition) is 4. The summed E-state index contributed by atoms with van der Waals surface area (Å²) in [7, 11) is -10.3. The monoisotopic (exact) mass is 303 g/mol. The SMILES string of the molecule is O=S(=O)(O)[N+](c1cccc2ccccc12)S(=O)(=O)O. The smallest absolute Gasteiger partial charge is 0.236 e. The van der Waals surface area contributed by atoms with E-state index >= 15 is 0 Å². The van der Waals surface area contributed by atoms with E-state index in [-0.39, 0.29) is 11.1 Å². The highest BCUT2D eigenvalue weighted by Gasteiger charge is 2.47. The Balaban J connectivity index is 2.86. The standard InChI is InChI=1S/C10H9NO6S2/c12-18(13,14)11(19(15,16)17)10-7-3-5-8-4-1-2-6-9(8)10/h1-7H,(H,12,13,14)(H,15,16,17)/q+1. The van der Waals surface area contributed by atoms with Crippen molar-refractivity contribution in [2.45, 2.75) is 0 Å². The van der Waals surface area contributed by atoms with Gasteiger partial charge in [0, 0.05) is 6.07 Å². The summed E-state index contributed by atoms with van der Waals surface area (Å²) in [6.07, 6.45) is 0. The molecule has 0 fully saturated rings. The van der Waals surface area contributed by atoms with Crippen LogP contribution in [0.15, 0.2) is 42.5 Å². The van der Waals surface area contributed by atoms with Gasteiger partial charge in [-0.15, -0.1) is 16.8 Å². The third-order valence-electron chi connectivity index (χ3n) is 2.38. The molecule has 0 saturated carbocycles. The van der Waals surface area contributed by atoms with Crippen molar-refractivity contribution >= 4 is 37.1 Å². The molecule has 0 atom stereocenters. The molecule has 0 aromatic heterocycles. The molecule has 0 bridgehead atoms. The molecule has 2 N–H and O–H groups in total. The van der Waals surface area contributed by atoms with Gasteiger partial charge in [0.2, 0.25) is 5.69 Å². The predicted octanol–water partition coefficient (Wildman–Crippen LogP) is 1.22. The first kappa shape index (κ1) is 13.9. The summed E-state index contributed by atoms with van der Waals surface area (Å²) in [6, 6.07) is 10.5. The van der Waals surface area contributed by atoms with Crippen LogP contribution in [0.2, 0.25) is 0 Å². The summed E-state index contributed by atoms with van der Waals surface area (Å²) in [5.41, 5.74) is -0.358. The van der Waals surface area contributed by atoms with E-state index in [1.807, 2.05) is 0 Å². The van der Waals surface area contributed by atoms with Crippen molar-refractivity contribution in [2.24, 2.45) is 0 Å². The molecule has 0 aliphatic rings. The molecule has 9 heteroatoms. The maximum atomic E-state index is 11.2. The Morgan fingerprint density at radius 3 is 1.89 bits per heavy atom. The van der Waals surface area contributed by atoms with Crippen molar-refractivity contribution in [3.8, 4) is 0 Å². The third kappa shape index (κ3) is 2.74. The summed E-state index contributed by atoms with van der Waals surface area (Å²) in [5.74, 6) is 0. The predicted molar refractivity (Wildman–Crippen MR) is 68.8 cm³/mol. The van der Waals surface area contributed by atoms with Crippen molar-refractivity contribution in [3.05, 3.63) is 42.5 Å². The van der Waals surface area contributed by atoms with E-state index in [0.717, 1.165) is 6.07 Å². The Labute approximate surface area is 109 Å². The van der Waals surface area contributed by atoms with Gasteiger partial charge in [-0.05, 0) is 11.5 Å². The number of fused-ring (bicyclic) bond motifs is 1. The van der Waals surface area contributed by atoms with Gasteiger partial charge < -0.3 is 0 Å².